The lowest BCUT2D eigenvalue weighted by Gasteiger charge is -2.14. The summed E-state index contributed by atoms with van der Waals surface area (Å²) in [6, 6.07) is 21.3. The summed E-state index contributed by atoms with van der Waals surface area (Å²) in [5.41, 5.74) is 5.38. The van der Waals surface area contributed by atoms with Gasteiger partial charge in [0.2, 0.25) is 0 Å². The molecule has 29 heavy (non-hydrogen) atoms. The SMILES string of the molecule is O=C(NCC=Cc1ccc(Cl)cc1O)OCC1c2ccccc2-c2ccccc21. The minimum atomic E-state index is -0.475. The second-order valence-corrected chi connectivity index (χ2v) is 7.25. The lowest BCUT2D eigenvalue weighted by atomic mass is 9.98. The van der Waals surface area contributed by atoms with Gasteiger partial charge in [0.25, 0.3) is 0 Å². The number of nitrogens with one attached hydrogen (secondary N) is 1. The molecule has 2 N–H and O–H groups in total. The van der Waals surface area contributed by atoms with Crippen LogP contribution in [-0.4, -0.2) is 24.4 Å². The Balaban J connectivity index is 1.34. The summed E-state index contributed by atoms with van der Waals surface area (Å²) in [7, 11) is 0. The molecule has 146 valence electrons. The van der Waals surface area contributed by atoms with E-state index in [1.165, 1.54) is 28.3 Å². The molecule has 4 nitrogen and oxygen atoms in total. The van der Waals surface area contributed by atoms with E-state index in [1.807, 2.05) is 24.3 Å². The lowest BCUT2D eigenvalue weighted by Crippen LogP contribution is -2.26. The third-order valence-electron chi connectivity index (χ3n) is 5.00. The fourth-order valence-electron chi connectivity index (χ4n) is 3.64. The Hall–Kier alpha value is -3.24. The number of hydrogen-bond acceptors (Lipinski definition) is 3. The van der Waals surface area contributed by atoms with Crippen molar-refractivity contribution in [1.82, 2.24) is 5.32 Å². The number of hydrogen-bond donors (Lipinski definition) is 2. The summed E-state index contributed by atoms with van der Waals surface area (Å²) in [5.74, 6) is 0.129. The molecule has 0 spiro atoms. The van der Waals surface area contributed by atoms with E-state index in [-0.39, 0.29) is 18.3 Å². The van der Waals surface area contributed by atoms with Gasteiger partial charge in [0.1, 0.15) is 12.4 Å². The number of carbonyl (C=O) groups excluding carboxylic acids is 1. The number of rotatable bonds is 5. The molecular formula is C24H20ClNO3. The summed E-state index contributed by atoms with van der Waals surface area (Å²) in [5, 5.41) is 13.0. The Bertz CT molecular complexity index is 1030. The summed E-state index contributed by atoms with van der Waals surface area (Å²) in [6.45, 7) is 0.570. The maximum absolute atomic E-state index is 12.1. The summed E-state index contributed by atoms with van der Waals surface area (Å²) in [4.78, 5) is 12.1. The summed E-state index contributed by atoms with van der Waals surface area (Å²) < 4.78 is 5.48. The zero-order valence-electron chi connectivity index (χ0n) is 15.6. The fraction of sp³-hybridized carbons (Fsp3) is 0.125. The van der Waals surface area contributed by atoms with Gasteiger partial charge in [-0.2, -0.15) is 0 Å². The second kappa shape index (κ2) is 8.41. The van der Waals surface area contributed by atoms with Gasteiger partial charge in [-0.1, -0.05) is 72.3 Å². The number of benzene rings is 3. The van der Waals surface area contributed by atoms with Gasteiger partial charge < -0.3 is 15.2 Å². The minimum absolute atomic E-state index is 0.0368. The van der Waals surface area contributed by atoms with Crippen molar-refractivity contribution in [2.45, 2.75) is 5.92 Å². The van der Waals surface area contributed by atoms with Crippen molar-refractivity contribution in [2.24, 2.45) is 0 Å². The number of fused-ring (bicyclic) bond motifs is 3. The molecule has 0 heterocycles. The Kier molecular flexibility index (Phi) is 5.54. The highest BCUT2D eigenvalue weighted by Gasteiger charge is 2.28. The highest BCUT2D eigenvalue weighted by molar-refractivity contribution is 6.30. The van der Waals surface area contributed by atoms with Crippen LogP contribution in [0.3, 0.4) is 0 Å². The summed E-state index contributed by atoms with van der Waals surface area (Å²) in [6.07, 6.45) is 2.98. The molecule has 5 heteroatoms. The molecule has 0 aromatic heterocycles. The first-order chi connectivity index (χ1) is 14.1. The topological polar surface area (TPSA) is 58.6 Å². The van der Waals surface area contributed by atoms with Gasteiger partial charge >= 0.3 is 6.09 Å². The molecule has 0 radical (unpaired) electrons. The van der Waals surface area contributed by atoms with Crippen LogP contribution in [0.4, 0.5) is 4.79 Å². The average molecular weight is 406 g/mol. The monoisotopic (exact) mass is 405 g/mol. The van der Waals surface area contributed by atoms with E-state index in [0.717, 1.165) is 0 Å². The minimum Gasteiger partial charge on any atom is -0.507 e. The van der Waals surface area contributed by atoms with Crippen molar-refractivity contribution in [2.75, 3.05) is 13.2 Å². The lowest BCUT2D eigenvalue weighted by molar-refractivity contribution is 0.144. The molecule has 0 bridgehead atoms. The zero-order chi connectivity index (χ0) is 20.2. The number of phenolic OH excluding ortho intramolecular Hbond substituents is 1. The Morgan fingerprint density at radius 3 is 2.34 bits per heavy atom. The van der Waals surface area contributed by atoms with E-state index in [2.05, 4.69) is 29.6 Å². The predicted octanol–water partition coefficient (Wildman–Crippen LogP) is 5.60. The first-order valence-corrected chi connectivity index (χ1v) is 9.75. The predicted molar refractivity (Wildman–Crippen MR) is 115 cm³/mol. The van der Waals surface area contributed by atoms with Gasteiger partial charge in [0.15, 0.2) is 0 Å². The maximum atomic E-state index is 12.1. The highest BCUT2D eigenvalue weighted by Crippen LogP contribution is 2.44. The molecule has 4 rings (SSSR count). The van der Waals surface area contributed by atoms with Crippen molar-refractivity contribution < 1.29 is 14.6 Å². The number of alkyl carbamates (subject to hydrolysis) is 1. The Morgan fingerprint density at radius 1 is 1.03 bits per heavy atom. The highest BCUT2D eigenvalue weighted by atomic mass is 35.5. The van der Waals surface area contributed by atoms with Crippen molar-refractivity contribution in [3.63, 3.8) is 0 Å². The van der Waals surface area contributed by atoms with E-state index >= 15 is 0 Å². The van der Waals surface area contributed by atoms with Gasteiger partial charge in [-0.3, -0.25) is 0 Å². The third-order valence-corrected chi connectivity index (χ3v) is 5.23. The molecule has 0 aliphatic heterocycles. The van der Waals surface area contributed by atoms with Crippen LogP contribution in [0.2, 0.25) is 5.02 Å². The normalized spacial score (nSPS) is 12.6. The van der Waals surface area contributed by atoms with Crippen molar-refractivity contribution in [3.8, 4) is 16.9 Å². The molecule has 0 fully saturated rings. The molecule has 1 aliphatic rings. The van der Waals surface area contributed by atoms with Gasteiger partial charge in [0, 0.05) is 23.0 Å². The van der Waals surface area contributed by atoms with Gasteiger partial charge in [-0.25, -0.2) is 4.79 Å². The van der Waals surface area contributed by atoms with E-state index in [1.54, 1.807) is 24.3 Å². The quantitative estimate of drug-likeness (QED) is 0.581. The van der Waals surface area contributed by atoms with Crippen LogP contribution < -0.4 is 5.32 Å². The smallest absolute Gasteiger partial charge is 0.407 e. The van der Waals surface area contributed by atoms with E-state index in [9.17, 15) is 9.90 Å². The molecule has 0 saturated carbocycles. The number of carbonyl (C=O) groups is 1. The van der Waals surface area contributed by atoms with Crippen LogP contribution in [0.25, 0.3) is 17.2 Å². The molecule has 0 unspecified atom stereocenters. The standard InChI is InChI=1S/C24H20ClNO3/c25-17-12-11-16(23(27)14-17)6-5-13-26-24(28)29-15-22-20-9-3-1-7-18(20)19-8-2-4-10-21(19)22/h1-12,14,22,27H,13,15H2,(H,26,28). The average Bonchev–Trinajstić information content (AvgIpc) is 3.05. The molecule has 0 saturated heterocycles. The molecule has 0 atom stereocenters. The van der Waals surface area contributed by atoms with E-state index < -0.39 is 6.09 Å². The Morgan fingerprint density at radius 2 is 1.69 bits per heavy atom. The molecule has 1 amide bonds. The zero-order valence-corrected chi connectivity index (χ0v) is 16.4. The van der Waals surface area contributed by atoms with Crippen LogP contribution in [-0.2, 0) is 4.74 Å². The van der Waals surface area contributed by atoms with E-state index in [0.29, 0.717) is 17.1 Å². The third kappa shape index (κ3) is 4.13. The number of ether oxygens (including phenoxy) is 1. The van der Waals surface area contributed by atoms with Gasteiger partial charge in [-0.15, -0.1) is 0 Å². The van der Waals surface area contributed by atoms with Crippen LogP contribution in [0, 0.1) is 0 Å². The first kappa shape index (κ1) is 19.1. The molecule has 3 aromatic carbocycles. The summed E-state index contributed by atoms with van der Waals surface area (Å²) >= 11 is 5.81. The van der Waals surface area contributed by atoms with Gasteiger partial charge in [-0.05, 0) is 40.5 Å². The van der Waals surface area contributed by atoms with Crippen LogP contribution >= 0.6 is 11.6 Å². The maximum Gasteiger partial charge on any atom is 0.407 e. The van der Waals surface area contributed by atoms with Crippen molar-refractivity contribution in [1.29, 1.82) is 0 Å². The van der Waals surface area contributed by atoms with Crippen molar-refractivity contribution in [3.05, 3.63) is 94.5 Å². The number of phenols is 1. The number of amides is 1. The number of aromatic hydroxyl groups is 1. The molecular weight excluding hydrogens is 386 g/mol. The van der Waals surface area contributed by atoms with Crippen LogP contribution in [0.1, 0.15) is 22.6 Å². The second-order valence-electron chi connectivity index (χ2n) is 6.81. The van der Waals surface area contributed by atoms with Crippen LogP contribution in [0.15, 0.2) is 72.8 Å². The largest absolute Gasteiger partial charge is 0.507 e. The fourth-order valence-corrected chi connectivity index (χ4v) is 3.80. The first-order valence-electron chi connectivity index (χ1n) is 9.37. The molecule has 1 aliphatic carbocycles. The Labute approximate surface area is 174 Å². The number of halogens is 1. The van der Waals surface area contributed by atoms with E-state index in [4.69, 9.17) is 16.3 Å². The van der Waals surface area contributed by atoms with Crippen LogP contribution in [0.5, 0.6) is 5.75 Å². The van der Waals surface area contributed by atoms with Gasteiger partial charge in [0.05, 0.1) is 0 Å². The molecule has 3 aromatic rings. The van der Waals surface area contributed by atoms with Crippen molar-refractivity contribution >= 4 is 23.8 Å².